The first-order valence-electron chi connectivity index (χ1n) is 9.98. The second-order valence-electron chi connectivity index (χ2n) is 7.45. The number of nitriles is 1. The number of carbonyl (C=O) groups is 1. The minimum Gasteiger partial charge on any atom is -0.401 e. The van der Waals surface area contributed by atoms with E-state index in [2.05, 4.69) is 0 Å². The van der Waals surface area contributed by atoms with E-state index in [1.54, 1.807) is 22.8 Å². The van der Waals surface area contributed by atoms with Crippen LogP contribution in [0.5, 0.6) is 0 Å². The molecule has 0 amide bonds. The third-order valence-electron chi connectivity index (χ3n) is 5.39. The number of thiophene rings is 1. The molecule has 0 aliphatic heterocycles. The lowest BCUT2D eigenvalue weighted by atomic mass is 10.1. The number of Topliss-reactive ketones (excluding diaryl/α,β-unsaturated/α-hetero) is 1. The molecule has 0 aromatic carbocycles. The minimum absolute atomic E-state index is 0.00949. The van der Waals surface area contributed by atoms with E-state index < -0.39 is 0 Å². The van der Waals surface area contributed by atoms with Crippen molar-refractivity contribution in [3.05, 3.63) is 32.1 Å². The SMILES string of the molecule is CCC(C)n1c(SCC(=O)/C(C#N)=C(\C)N)nc2sc3c(c2c1=O)CCCCC3. The number of ketones is 1. The van der Waals surface area contributed by atoms with Crippen LogP contribution in [0, 0.1) is 11.3 Å². The number of fused-ring (bicyclic) bond motifs is 3. The van der Waals surface area contributed by atoms with Crippen LogP contribution in [-0.2, 0) is 17.6 Å². The molecule has 1 atom stereocenters. The molecule has 29 heavy (non-hydrogen) atoms. The van der Waals surface area contributed by atoms with Crippen molar-refractivity contribution in [2.75, 3.05) is 5.75 Å². The molecule has 1 unspecified atom stereocenters. The zero-order valence-electron chi connectivity index (χ0n) is 17.1. The molecular weight excluding hydrogens is 404 g/mol. The number of hydrogen-bond donors (Lipinski definition) is 1. The van der Waals surface area contributed by atoms with Crippen molar-refractivity contribution in [2.24, 2.45) is 5.73 Å². The first-order chi connectivity index (χ1) is 13.9. The first-order valence-corrected chi connectivity index (χ1v) is 11.8. The fourth-order valence-electron chi connectivity index (χ4n) is 3.62. The number of carbonyl (C=O) groups excluding carboxylic acids is 1. The summed E-state index contributed by atoms with van der Waals surface area (Å²) in [5, 5.41) is 10.5. The maximum atomic E-state index is 13.5. The third-order valence-corrected chi connectivity index (χ3v) is 7.53. The molecule has 2 aromatic heterocycles. The highest BCUT2D eigenvalue weighted by atomic mass is 32.2. The summed E-state index contributed by atoms with van der Waals surface area (Å²) in [4.78, 5) is 32.7. The number of hydrogen-bond acceptors (Lipinski definition) is 7. The maximum absolute atomic E-state index is 13.5. The molecule has 2 heterocycles. The van der Waals surface area contributed by atoms with Crippen LogP contribution in [0.2, 0.25) is 0 Å². The highest BCUT2D eigenvalue weighted by molar-refractivity contribution is 7.99. The van der Waals surface area contributed by atoms with Crippen molar-refractivity contribution in [1.82, 2.24) is 9.55 Å². The molecule has 1 aliphatic rings. The van der Waals surface area contributed by atoms with Gasteiger partial charge in [-0.3, -0.25) is 14.2 Å². The molecule has 2 N–H and O–H groups in total. The van der Waals surface area contributed by atoms with E-state index in [-0.39, 0.29) is 34.4 Å². The molecule has 3 rings (SSSR count). The van der Waals surface area contributed by atoms with Gasteiger partial charge in [-0.25, -0.2) is 4.98 Å². The number of aromatic nitrogens is 2. The van der Waals surface area contributed by atoms with Gasteiger partial charge in [-0.2, -0.15) is 5.26 Å². The molecule has 6 nitrogen and oxygen atoms in total. The van der Waals surface area contributed by atoms with Crippen molar-refractivity contribution in [3.63, 3.8) is 0 Å². The molecule has 2 aromatic rings. The summed E-state index contributed by atoms with van der Waals surface area (Å²) in [5.74, 6) is -0.318. The Balaban J connectivity index is 2.07. The van der Waals surface area contributed by atoms with Crippen LogP contribution in [0.25, 0.3) is 10.2 Å². The van der Waals surface area contributed by atoms with Crippen LogP contribution >= 0.6 is 23.1 Å². The average Bonchev–Trinajstić information content (AvgIpc) is 2.87. The Kier molecular flexibility index (Phi) is 6.81. The summed E-state index contributed by atoms with van der Waals surface area (Å²) in [6.45, 7) is 5.57. The normalized spacial score (nSPS) is 15.9. The van der Waals surface area contributed by atoms with E-state index in [0.29, 0.717) is 5.16 Å². The van der Waals surface area contributed by atoms with Crippen LogP contribution < -0.4 is 11.3 Å². The lowest BCUT2D eigenvalue weighted by Crippen LogP contribution is -2.26. The predicted molar refractivity (Wildman–Crippen MR) is 118 cm³/mol. The van der Waals surface area contributed by atoms with Gasteiger partial charge in [-0.15, -0.1) is 11.3 Å². The zero-order valence-corrected chi connectivity index (χ0v) is 18.7. The van der Waals surface area contributed by atoms with Crippen molar-refractivity contribution < 1.29 is 4.79 Å². The number of nitrogens with two attached hydrogens (primary N) is 1. The Bertz CT molecular complexity index is 1070. The largest absolute Gasteiger partial charge is 0.401 e. The highest BCUT2D eigenvalue weighted by Crippen LogP contribution is 2.35. The monoisotopic (exact) mass is 430 g/mol. The Morgan fingerprint density at radius 3 is 2.76 bits per heavy atom. The lowest BCUT2D eigenvalue weighted by Gasteiger charge is -2.17. The Labute approximate surface area is 178 Å². The van der Waals surface area contributed by atoms with Gasteiger partial charge < -0.3 is 5.73 Å². The summed E-state index contributed by atoms with van der Waals surface area (Å²) in [6.07, 6.45) is 6.18. The van der Waals surface area contributed by atoms with Gasteiger partial charge in [0.2, 0.25) is 0 Å². The van der Waals surface area contributed by atoms with E-state index in [0.717, 1.165) is 42.3 Å². The van der Waals surface area contributed by atoms with E-state index >= 15 is 0 Å². The Morgan fingerprint density at radius 1 is 1.38 bits per heavy atom. The van der Waals surface area contributed by atoms with Gasteiger partial charge >= 0.3 is 0 Å². The summed E-state index contributed by atoms with van der Waals surface area (Å²) in [7, 11) is 0. The molecule has 0 saturated carbocycles. The average molecular weight is 431 g/mol. The quantitative estimate of drug-likeness (QED) is 0.243. The zero-order chi connectivity index (χ0) is 21.1. The van der Waals surface area contributed by atoms with Crippen LogP contribution in [0.3, 0.4) is 0 Å². The van der Waals surface area contributed by atoms with E-state index in [1.807, 2.05) is 19.9 Å². The third kappa shape index (κ3) is 4.26. The topological polar surface area (TPSA) is 102 Å². The fraction of sp³-hybridized carbons (Fsp3) is 0.524. The first kappa shape index (κ1) is 21.6. The summed E-state index contributed by atoms with van der Waals surface area (Å²) < 4.78 is 1.73. The second kappa shape index (κ2) is 9.14. The standard InChI is InChI=1S/C21H26N4O2S2/c1-4-12(2)25-20(27)18-14-8-6-5-7-9-17(14)29-19(18)24-21(25)28-11-16(26)15(10-22)13(3)23/h12H,4-9,11,23H2,1-3H3/b15-13+. The molecule has 0 bridgehead atoms. The summed E-state index contributed by atoms with van der Waals surface area (Å²) in [5.41, 5.74) is 6.99. The Hall–Kier alpha value is -2.11. The van der Waals surface area contributed by atoms with E-state index in [1.165, 1.54) is 28.6 Å². The molecule has 0 spiro atoms. The highest BCUT2D eigenvalue weighted by Gasteiger charge is 2.24. The molecule has 0 radical (unpaired) electrons. The van der Waals surface area contributed by atoms with Crippen LogP contribution in [0.4, 0.5) is 0 Å². The van der Waals surface area contributed by atoms with Crippen LogP contribution in [-0.4, -0.2) is 21.1 Å². The maximum Gasteiger partial charge on any atom is 0.263 e. The van der Waals surface area contributed by atoms with Gasteiger partial charge in [0, 0.05) is 16.6 Å². The van der Waals surface area contributed by atoms with Gasteiger partial charge in [0.1, 0.15) is 16.5 Å². The smallest absolute Gasteiger partial charge is 0.263 e. The van der Waals surface area contributed by atoms with Gasteiger partial charge in [-0.05, 0) is 51.5 Å². The molecule has 0 fully saturated rings. The molecule has 8 heteroatoms. The summed E-state index contributed by atoms with van der Waals surface area (Å²) in [6, 6.07) is 1.84. The van der Waals surface area contributed by atoms with Crippen molar-refractivity contribution in [1.29, 1.82) is 5.26 Å². The van der Waals surface area contributed by atoms with E-state index in [9.17, 15) is 9.59 Å². The van der Waals surface area contributed by atoms with Crippen molar-refractivity contribution in [2.45, 2.75) is 70.5 Å². The second-order valence-corrected chi connectivity index (χ2v) is 9.48. The predicted octanol–water partition coefficient (Wildman–Crippen LogP) is 4.12. The van der Waals surface area contributed by atoms with Crippen LogP contribution in [0.15, 0.2) is 21.2 Å². The van der Waals surface area contributed by atoms with Gasteiger partial charge in [0.15, 0.2) is 10.9 Å². The molecular formula is C21H26N4O2S2. The number of allylic oxidation sites excluding steroid dienone is 2. The van der Waals surface area contributed by atoms with Crippen molar-refractivity contribution >= 4 is 39.1 Å². The van der Waals surface area contributed by atoms with Crippen molar-refractivity contribution in [3.8, 4) is 6.07 Å². The number of thioether (sulfide) groups is 1. The van der Waals surface area contributed by atoms with Gasteiger partial charge in [0.05, 0.1) is 11.1 Å². The number of nitrogens with zero attached hydrogens (tertiary/aromatic N) is 3. The fourth-order valence-corrected chi connectivity index (χ4v) is 5.89. The molecule has 154 valence electrons. The minimum atomic E-state index is -0.343. The van der Waals surface area contributed by atoms with Gasteiger partial charge in [0.25, 0.3) is 5.56 Å². The van der Waals surface area contributed by atoms with Gasteiger partial charge in [-0.1, -0.05) is 25.1 Å². The summed E-state index contributed by atoms with van der Waals surface area (Å²) >= 11 is 2.82. The van der Waals surface area contributed by atoms with Crippen LogP contribution in [0.1, 0.15) is 62.9 Å². The number of rotatable bonds is 6. The lowest BCUT2D eigenvalue weighted by molar-refractivity contribution is -0.112. The Morgan fingerprint density at radius 2 is 2.10 bits per heavy atom. The van der Waals surface area contributed by atoms with E-state index in [4.69, 9.17) is 16.0 Å². The molecule has 1 aliphatic carbocycles. The number of aryl methyl sites for hydroxylation is 2. The molecule has 0 saturated heterocycles.